The highest BCUT2D eigenvalue weighted by atomic mass is 35.5. The van der Waals surface area contributed by atoms with E-state index in [9.17, 15) is 9.59 Å². The van der Waals surface area contributed by atoms with E-state index in [1.807, 2.05) is 24.3 Å². The minimum Gasteiger partial charge on any atom is -0.495 e. The van der Waals surface area contributed by atoms with E-state index in [2.05, 4.69) is 5.32 Å². The van der Waals surface area contributed by atoms with E-state index in [1.54, 1.807) is 54.4 Å². The summed E-state index contributed by atoms with van der Waals surface area (Å²) in [6.45, 7) is 2.56. The number of anilines is 2. The number of halogens is 2. The Morgan fingerprint density at radius 3 is 2.29 bits per heavy atom. The Morgan fingerprint density at radius 2 is 1.56 bits per heavy atom. The third-order valence-corrected chi connectivity index (χ3v) is 6.09. The molecule has 0 heterocycles. The molecular formula is C30H40Cl2N4O5. The fourth-order valence-electron chi connectivity index (χ4n) is 3.96. The van der Waals surface area contributed by atoms with Gasteiger partial charge in [0, 0.05) is 30.5 Å². The number of para-hydroxylation sites is 2. The molecule has 0 radical (unpaired) electrons. The Hall–Kier alpha value is -3.34. The number of benzene rings is 3. The minimum atomic E-state index is -0.353. The first-order valence-electron chi connectivity index (χ1n) is 13.0. The predicted octanol–water partition coefficient (Wildman–Crippen LogP) is 5.05. The van der Waals surface area contributed by atoms with Gasteiger partial charge in [0.25, 0.3) is 11.8 Å². The summed E-state index contributed by atoms with van der Waals surface area (Å²) in [5.41, 5.74) is 14.0. The van der Waals surface area contributed by atoms with E-state index >= 15 is 0 Å². The largest absolute Gasteiger partial charge is 0.495 e. The Morgan fingerprint density at radius 1 is 0.854 bits per heavy atom. The van der Waals surface area contributed by atoms with Crippen LogP contribution in [0.25, 0.3) is 0 Å². The predicted molar refractivity (Wildman–Crippen MR) is 168 cm³/mol. The van der Waals surface area contributed by atoms with Gasteiger partial charge < -0.3 is 35.9 Å². The summed E-state index contributed by atoms with van der Waals surface area (Å²) in [5.74, 6) is 0.257. The molecule has 0 saturated carbocycles. The maximum Gasteiger partial charge on any atom is 0.259 e. The Kier molecular flexibility index (Phi) is 16.5. The van der Waals surface area contributed by atoms with Crippen LogP contribution in [-0.2, 0) is 11.3 Å². The lowest BCUT2D eigenvalue weighted by atomic mass is 10.1. The number of carbonyl (C=O) groups is 2. The van der Waals surface area contributed by atoms with Crippen molar-refractivity contribution in [2.45, 2.75) is 25.9 Å². The van der Waals surface area contributed by atoms with Crippen molar-refractivity contribution in [1.29, 1.82) is 0 Å². The summed E-state index contributed by atoms with van der Waals surface area (Å²) in [6.07, 6.45) is 2.48. The summed E-state index contributed by atoms with van der Waals surface area (Å²) in [7, 11) is 3.21. The second-order valence-electron chi connectivity index (χ2n) is 8.90. The highest BCUT2D eigenvalue weighted by Gasteiger charge is 2.20. The van der Waals surface area contributed by atoms with Gasteiger partial charge in [-0.3, -0.25) is 9.59 Å². The number of nitrogens with one attached hydrogen (secondary N) is 1. The molecule has 3 aromatic carbocycles. The van der Waals surface area contributed by atoms with Crippen molar-refractivity contribution in [3.63, 3.8) is 0 Å². The second kappa shape index (κ2) is 18.9. The molecule has 0 unspecified atom stereocenters. The molecule has 0 aliphatic heterocycles. The van der Waals surface area contributed by atoms with E-state index in [1.165, 1.54) is 7.11 Å². The summed E-state index contributed by atoms with van der Waals surface area (Å²) in [4.78, 5) is 28.1. The molecule has 9 nitrogen and oxygen atoms in total. The quantitative estimate of drug-likeness (QED) is 0.206. The Labute approximate surface area is 254 Å². The molecule has 2 amide bonds. The van der Waals surface area contributed by atoms with Gasteiger partial charge in [-0.1, -0.05) is 30.3 Å². The van der Waals surface area contributed by atoms with Gasteiger partial charge in [-0.05, 0) is 68.8 Å². The molecule has 0 aliphatic rings. The second-order valence-corrected chi connectivity index (χ2v) is 8.90. The number of methoxy groups -OCH3 is 1. The molecule has 0 aromatic heterocycles. The van der Waals surface area contributed by atoms with Crippen molar-refractivity contribution >= 4 is 48.0 Å². The molecular weight excluding hydrogens is 567 g/mol. The summed E-state index contributed by atoms with van der Waals surface area (Å²) < 4.78 is 17.0. The monoisotopic (exact) mass is 606 g/mol. The Balaban J connectivity index is 0.00000420. The number of hydrogen-bond donors (Lipinski definition) is 3. The smallest absolute Gasteiger partial charge is 0.259 e. The standard InChI is InChI=1S/C30H38N4O5.2ClH/c1-34(26-12-5-3-10-23(26)21-38-18-8-7-16-31)30(36)22-14-15-25(28(20-22)37-2)33-29(35)24-11-4-6-13-27(24)39-19-9-17-32;;/h3-6,10-15,20H,7-9,16-19,21,31-32H2,1-2H3,(H,33,35);2*1H. The number of hydrogen-bond acceptors (Lipinski definition) is 7. The van der Waals surface area contributed by atoms with E-state index in [0.29, 0.717) is 67.6 Å². The zero-order valence-corrected chi connectivity index (χ0v) is 25.1. The maximum absolute atomic E-state index is 13.4. The van der Waals surface area contributed by atoms with Crippen LogP contribution >= 0.6 is 24.8 Å². The molecule has 0 atom stereocenters. The number of ether oxygens (including phenoxy) is 3. The third kappa shape index (κ3) is 10.2. The number of amides is 2. The lowest BCUT2D eigenvalue weighted by Crippen LogP contribution is -2.27. The Bertz CT molecular complexity index is 1250. The van der Waals surface area contributed by atoms with Crippen molar-refractivity contribution in [2.75, 3.05) is 50.7 Å². The van der Waals surface area contributed by atoms with Gasteiger partial charge in [0.2, 0.25) is 0 Å². The van der Waals surface area contributed by atoms with Gasteiger partial charge >= 0.3 is 0 Å². The van der Waals surface area contributed by atoms with Gasteiger partial charge in [-0.25, -0.2) is 0 Å². The van der Waals surface area contributed by atoms with Gasteiger partial charge in [-0.15, -0.1) is 24.8 Å². The van der Waals surface area contributed by atoms with Crippen molar-refractivity contribution in [1.82, 2.24) is 0 Å². The van der Waals surface area contributed by atoms with Crippen molar-refractivity contribution < 1.29 is 23.8 Å². The number of unbranched alkanes of at least 4 members (excludes halogenated alkanes) is 1. The fourth-order valence-corrected chi connectivity index (χ4v) is 3.96. The number of carbonyl (C=O) groups excluding carboxylic acids is 2. The van der Waals surface area contributed by atoms with Gasteiger partial charge in [0.15, 0.2) is 0 Å². The van der Waals surface area contributed by atoms with Crippen molar-refractivity contribution in [3.8, 4) is 11.5 Å². The normalized spacial score (nSPS) is 10.1. The lowest BCUT2D eigenvalue weighted by Gasteiger charge is -2.21. The average molecular weight is 608 g/mol. The molecule has 11 heteroatoms. The molecule has 3 rings (SSSR count). The van der Waals surface area contributed by atoms with E-state index in [-0.39, 0.29) is 36.6 Å². The van der Waals surface area contributed by atoms with Crippen LogP contribution in [0, 0.1) is 0 Å². The molecule has 3 aromatic rings. The number of nitrogens with zero attached hydrogens (tertiary/aromatic N) is 1. The maximum atomic E-state index is 13.4. The molecule has 0 saturated heterocycles. The van der Waals surface area contributed by atoms with E-state index in [4.69, 9.17) is 25.7 Å². The van der Waals surface area contributed by atoms with Gasteiger partial charge in [-0.2, -0.15) is 0 Å². The molecule has 41 heavy (non-hydrogen) atoms. The van der Waals surface area contributed by atoms with E-state index < -0.39 is 0 Å². The van der Waals surface area contributed by atoms with Crippen LogP contribution in [0.15, 0.2) is 66.7 Å². The van der Waals surface area contributed by atoms with Gasteiger partial charge in [0.05, 0.1) is 31.6 Å². The van der Waals surface area contributed by atoms with Crippen molar-refractivity contribution in [2.24, 2.45) is 11.5 Å². The summed E-state index contributed by atoms with van der Waals surface area (Å²) in [5, 5.41) is 2.86. The molecule has 224 valence electrons. The van der Waals surface area contributed by atoms with Crippen LogP contribution in [0.3, 0.4) is 0 Å². The van der Waals surface area contributed by atoms with Crippen LogP contribution in [0.4, 0.5) is 11.4 Å². The topological polar surface area (TPSA) is 129 Å². The number of rotatable bonds is 15. The van der Waals surface area contributed by atoms with Crippen LogP contribution in [-0.4, -0.2) is 52.3 Å². The number of nitrogens with two attached hydrogens (primary N) is 2. The zero-order valence-electron chi connectivity index (χ0n) is 23.5. The lowest BCUT2D eigenvalue weighted by molar-refractivity contribution is 0.0988. The van der Waals surface area contributed by atoms with E-state index in [0.717, 1.165) is 24.1 Å². The highest BCUT2D eigenvalue weighted by molar-refractivity contribution is 6.09. The zero-order chi connectivity index (χ0) is 28.0. The SMILES string of the molecule is COc1cc(C(=O)N(C)c2ccccc2COCCCCN)ccc1NC(=O)c1ccccc1OCCCN.Cl.Cl. The average Bonchev–Trinajstić information content (AvgIpc) is 2.97. The molecule has 0 aliphatic carbocycles. The van der Waals surface area contributed by atoms with Crippen molar-refractivity contribution in [3.05, 3.63) is 83.4 Å². The first-order chi connectivity index (χ1) is 19.0. The van der Waals surface area contributed by atoms with Crippen LogP contribution in [0.2, 0.25) is 0 Å². The first kappa shape index (κ1) is 35.7. The minimum absolute atomic E-state index is 0. The molecule has 0 spiro atoms. The fraction of sp³-hybridized carbons (Fsp3) is 0.333. The molecule has 0 bridgehead atoms. The molecule has 0 fully saturated rings. The summed E-state index contributed by atoms with van der Waals surface area (Å²) in [6, 6.07) is 19.6. The first-order valence-corrected chi connectivity index (χ1v) is 13.0. The third-order valence-electron chi connectivity index (χ3n) is 6.09. The summed E-state index contributed by atoms with van der Waals surface area (Å²) >= 11 is 0. The highest BCUT2D eigenvalue weighted by Crippen LogP contribution is 2.29. The van der Waals surface area contributed by atoms with Gasteiger partial charge in [0.1, 0.15) is 11.5 Å². The van der Waals surface area contributed by atoms with Crippen LogP contribution < -0.4 is 31.2 Å². The van der Waals surface area contributed by atoms with Crippen LogP contribution in [0.1, 0.15) is 45.5 Å². The molecule has 5 N–H and O–H groups in total. The van der Waals surface area contributed by atoms with Crippen LogP contribution in [0.5, 0.6) is 11.5 Å².